The average Bonchev–Trinajstić information content (AvgIpc) is 2.61. The molecule has 130 valence electrons. The van der Waals surface area contributed by atoms with Crippen LogP contribution in [-0.4, -0.2) is 22.7 Å². The topological polar surface area (TPSA) is 134 Å². The van der Waals surface area contributed by atoms with Gasteiger partial charge in [0.2, 0.25) is 0 Å². The number of rotatable bonds is 6. The van der Waals surface area contributed by atoms with Crippen molar-refractivity contribution in [2.75, 3.05) is 6.61 Å². The molecule has 0 unspecified atom stereocenters. The normalized spacial score (nSPS) is 10.4. The number of benzene rings is 1. The van der Waals surface area contributed by atoms with Crippen molar-refractivity contribution in [2.45, 2.75) is 20.3 Å². The van der Waals surface area contributed by atoms with Crippen LogP contribution in [0, 0.1) is 17.2 Å². The van der Waals surface area contributed by atoms with E-state index in [0.717, 1.165) is 6.42 Å². The van der Waals surface area contributed by atoms with Gasteiger partial charge in [-0.2, -0.15) is 10.4 Å². The number of nitrogens with two attached hydrogens (primary N) is 1. The molecule has 0 radical (unpaired) electrons. The van der Waals surface area contributed by atoms with Crippen molar-refractivity contribution < 1.29 is 9.53 Å². The van der Waals surface area contributed by atoms with Crippen molar-refractivity contribution in [3.8, 4) is 23.1 Å². The van der Waals surface area contributed by atoms with E-state index in [4.69, 9.17) is 10.6 Å². The molecule has 0 fully saturated rings. The van der Waals surface area contributed by atoms with Gasteiger partial charge in [0.15, 0.2) is 0 Å². The molecule has 0 atom stereocenters. The number of hydrogen-bond acceptors (Lipinski definition) is 6. The molecule has 1 heterocycles. The average molecular weight is 341 g/mol. The molecular weight excluding hydrogens is 322 g/mol. The Labute approximate surface area is 144 Å². The maximum atomic E-state index is 11.6. The lowest BCUT2D eigenvalue weighted by Gasteiger charge is -2.10. The molecule has 2 rings (SSSR count). The van der Waals surface area contributed by atoms with Crippen LogP contribution in [0.15, 0.2) is 29.1 Å². The van der Waals surface area contributed by atoms with Crippen molar-refractivity contribution >= 4 is 5.91 Å². The molecule has 0 aliphatic rings. The Hall–Kier alpha value is -3.18. The second-order valence-electron chi connectivity index (χ2n) is 5.82. The van der Waals surface area contributed by atoms with Crippen LogP contribution in [0.1, 0.15) is 36.2 Å². The smallest absolute Gasteiger partial charge is 0.277 e. The lowest BCUT2D eigenvalue weighted by atomic mass is 10.1. The second kappa shape index (κ2) is 8.08. The Bertz CT molecular complexity index is 867. The van der Waals surface area contributed by atoms with E-state index < -0.39 is 11.5 Å². The molecule has 4 N–H and O–H groups in total. The first-order chi connectivity index (χ1) is 12.0. The van der Waals surface area contributed by atoms with Gasteiger partial charge in [0.25, 0.3) is 11.5 Å². The van der Waals surface area contributed by atoms with Gasteiger partial charge in [-0.15, -0.1) is 0 Å². The summed E-state index contributed by atoms with van der Waals surface area (Å²) < 4.78 is 5.65. The number of hydrogen-bond donors (Lipinski definition) is 3. The maximum absolute atomic E-state index is 11.6. The Morgan fingerprint density at radius 2 is 2.20 bits per heavy atom. The fourth-order valence-corrected chi connectivity index (χ4v) is 2.11. The molecule has 1 aromatic heterocycles. The molecule has 1 aromatic carbocycles. The standard InChI is InChI=1S/C17H19N5O3/c1-10(2)5-6-25-15-4-3-11(7-12(15)9-18)14-8-13(16(23)20-19)17(24)22-21-14/h3-4,7-8,10H,5-6,19H2,1-2H3,(H,20,23)(H,22,24). The van der Waals surface area contributed by atoms with Crippen LogP contribution >= 0.6 is 0 Å². The number of nitrogens with one attached hydrogen (secondary N) is 2. The summed E-state index contributed by atoms with van der Waals surface area (Å²) in [6.45, 7) is 4.70. The Morgan fingerprint density at radius 3 is 2.84 bits per heavy atom. The summed E-state index contributed by atoms with van der Waals surface area (Å²) in [5.41, 5.74) is 2.34. The molecule has 0 aliphatic carbocycles. The SMILES string of the molecule is CC(C)CCOc1ccc(-c2cc(C(=O)NN)c(=O)[nH]n2)cc1C#N. The van der Waals surface area contributed by atoms with E-state index in [0.29, 0.717) is 35.1 Å². The maximum Gasteiger partial charge on any atom is 0.277 e. The van der Waals surface area contributed by atoms with E-state index >= 15 is 0 Å². The van der Waals surface area contributed by atoms with Gasteiger partial charge in [-0.25, -0.2) is 10.9 Å². The van der Waals surface area contributed by atoms with Gasteiger partial charge in [0.1, 0.15) is 17.4 Å². The van der Waals surface area contributed by atoms with Crippen LogP contribution in [0.3, 0.4) is 0 Å². The summed E-state index contributed by atoms with van der Waals surface area (Å²) >= 11 is 0. The molecule has 25 heavy (non-hydrogen) atoms. The van der Waals surface area contributed by atoms with Crippen LogP contribution in [0.2, 0.25) is 0 Å². The molecule has 0 bridgehead atoms. The highest BCUT2D eigenvalue weighted by atomic mass is 16.5. The van der Waals surface area contributed by atoms with Gasteiger partial charge < -0.3 is 4.74 Å². The molecule has 0 spiro atoms. The number of nitriles is 1. The molecule has 1 amide bonds. The summed E-state index contributed by atoms with van der Waals surface area (Å²) in [6, 6.07) is 8.36. The quantitative estimate of drug-likeness (QED) is 0.412. The van der Waals surface area contributed by atoms with Gasteiger partial charge >= 0.3 is 0 Å². The monoisotopic (exact) mass is 341 g/mol. The molecular formula is C17H19N5O3. The van der Waals surface area contributed by atoms with E-state index in [1.54, 1.807) is 18.2 Å². The third kappa shape index (κ3) is 4.43. The Morgan fingerprint density at radius 1 is 1.44 bits per heavy atom. The zero-order valence-corrected chi connectivity index (χ0v) is 14.0. The van der Waals surface area contributed by atoms with Gasteiger partial charge in [0.05, 0.1) is 17.9 Å². The molecule has 0 saturated heterocycles. The highest BCUT2D eigenvalue weighted by Crippen LogP contribution is 2.25. The number of carbonyl (C=O) groups is 1. The first-order valence-corrected chi connectivity index (χ1v) is 7.74. The lowest BCUT2D eigenvalue weighted by molar-refractivity contribution is 0.0952. The highest BCUT2D eigenvalue weighted by Gasteiger charge is 2.13. The number of amides is 1. The lowest BCUT2D eigenvalue weighted by Crippen LogP contribution is -2.34. The number of nitrogens with zero attached hydrogens (tertiary/aromatic N) is 2. The second-order valence-corrected chi connectivity index (χ2v) is 5.82. The first kappa shape index (κ1) is 18.2. The van der Waals surface area contributed by atoms with Crippen LogP contribution in [0.4, 0.5) is 0 Å². The Balaban J connectivity index is 2.33. The number of hydrazine groups is 1. The fourth-order valence-electron chi connectivity index (χ4n) is 2.11. The predicted molar refractivity (Wildman–Crippen MR) is 91.6 cm³/mol. The molecule has 0 saturated carbocycles. The van der Waals surface area contributed by atoms with Crippen LogP contribution in [0.25, 0.3) is 11.3 Å². The Kier molecular flexibility index (Phi) is 5.87. The van der Waals surface area contributed by atoms with E-state index in [1.165, 1.54) is 6.07 Å². The number of ether oxygens (including phenoxy) is 1. The van der Waals surface area contributed by atoms with Crippen LogP contribution < -0.4 is 21.6 Å². The molecule has 0 aliphatic heterocycles. The molecule has 8 heteroatoms. The number of aromatic amines is 1. The number of H-pyrrole nitrogens is 1. The third-order valence-corrected chi connectivity index (χ3v) is 3.53. The van der Waals surface area contributed by atoms with Crippen molar-refractivity contribution in [3.63, 3.8) is 0 Å². The van der Waals surface area contributed by atoms with Gasteiger partial charge in [-0.05, 0) is 36.6 Å². The van der Waals surface area contributed by atoms with Gasteiger partial charge in [-0.1, -0.05) is 13.8 Å². The zero-order valence-electron chi connectivity index (χ0n) is 14.0. The minimum atomic E-state index is -0.723. The summed E-state index contributed by atoms with van der Waals surface area (Å²) in [4.78, 5) is 23.3. The van der Waals surface area contributed by atoms with E-state index in [-0.39, 0.29) is 5.56 Å². The van der Waals surface area contributed by atoms with E-state index in [9.17, 15) is 14.9 Å². The van der Waals surface area contributed by atoms with Crippen molar-refractivity contribution in [3.05, 3.63) is 45.7 Å². The van der Waals surface area contributed by atoms with Gasteiger partial charge in [0, 0.05) is 5.56 Å². The van der Waals surface area contributed by atoms with E-state index in [1.807, 2.05) is 5.43 Å². The predicted octanol–water partition coefficient (Wildman–Crippen LogP) is 1.34. The molecule has 2 aromatic rings. The summed E-state index contributed by atoms with van der Waals surface area (Å²) in [5.74, 6) is 5.32. The summed E-state index contributed by atoms with van der Waals surface area (Å²) in [6.07, 6.45) is 0.881. The third-order valence-electron chi connectivity index (χ3n) is 3.53. The van der Waals surface area contributed by atoms with Crippen molar-refractivity contribution in [1.82, 2.24) is 15.6 Å². The number of aromatic nitrogens is 2. The summed E-state index contributed by atoms with van der Waals surface area (Å²) in [5, 5.41) is 15.5. The minimum Gasteiger partial charge on any atom is -0.492 e. The number of nitrogen functional groups attached to an aromatic ring is 1. The summed E-state index contributed by atoms with van der Waals surface area (Å²) in [7, 11) is 0. The number of carbonyl (C=O) groups excluding carboxylic acids is 1. The zero-order chi connectivity index (χ0) is 18.4. The largest absolute Gasteiger partial charge is 0.492 e. The van der Waals surface area contributed by atoms with E-state index in [2.05, 4.69) is 30.1 Å². The van der Waals surface area contributed by atoms with Crippen molar-refractivity contribution in [2.24, 2.45) is 11.8 Å². The molecule has 8 nitrogen and oxygen atoms in total. The highest BCUT2D eigenvalue weighted by molar-refractivity contribution is 5.94. The van der Waals surface area contributed by atoms with Crippen LogP contribution in [0.5, 0.6) is 5.75 Å². The van der Waals surface area contributed by atoms with Gasteiger partial charge in [-0.3, -0.25) is 15.0 Å². The first-order valence-electron chi connectivity index (χ1n) is 7.74. The fraction of sp³-hybridized carbons (Fsp3) is 0.294. The van der Waals surface area contributed by atoms with Crippen LogP contribution in [-0.2, 0) is 0 Å². The minimum absolute atomic E-state index is 0.164. The van der Waals surface area contributed by atoms with Crippen molar-refractivity contribution in [1.29, 1.82) is 5.26 Å².